The zero-order valence-electron chi connectivity index (χ0n) is 7.58. The summed E-state index contributed by atoms with van der Waals surface area (Å²) in [6.45, 7) is 4.66. The van der Waals surface area contributed by atoms with Gasteiger partial charge in [-0.1, -0.05) is 20.3 Å². The van der Waals surface area contributed by atoms with Gasteiger partial charge < -0.3 is 10.2 Å². The van der Waals surface area contributed by atoms with E-state index in [2.05, 4.69) is 0 Å². The number of hydrogen-bond acceptors (Lipinski definition) is 2. The van der Waals surface area contributed by atoms with Crippen LogP contribution in [0.5, 0.6) is 0 Å². The van der Waals surface area contributed by atoms with Crippen molar-refractivity contribution in [3.8, 4) is 0 Å². The Hall–Kier alpha value is -0.0800. The monoisotopic (exact) mass is 160 g/mol. The first-order valence-electron chi connectivity index (χ1n) is 4.42. The van der Waals surface area contributed by atoms with Gasteiger partial charge in [-0.3, -0.25) is 0 Å². The quantitative estimate of drug-likeness (QED) is 0.617. The number of rotatable bonds is 6. The highest BCUT2D eigenvalue weighted by Gasteiger charge is 2.02. The molecule has 0 unspecified atom stereocenters. The largest absolute Gasteiger partial charge is 0.396 e. The van der Waals surface area contributed by atoms with Crippen LogP contribution in [0.1, 0.15) is 33.1 Å². The molecule has 68 valence electrons. The predicted molar refractivity (Wildman–Crippen MR) is 46.4 cm³/mol. The van der Waals surface area contributed by atoms with Crippen LogP contribution >= 0.6 is 0 Å². The minimum atomic E-state index is 0.285. The molecule has 0 fully saturated rings. The van der Waals surface area contributed by atoms with Crippen molar-refractivity contribution < 1.29 is 10.2 Å². The van der Waals surface area contributed by atoms with Crippen molar-refractivity contribution >= 4 is 0 Å². The molecule has 0 amide bonds. The van der Waals surface area contributed by atoms with E-state index in [1.165, 1.54) is 0 Å². The molecule has 0 aliphatic carbocycles. The second-order valence-electron chi connectivity index (χ2n) is 3.51. The third-order valence-corrected chi connectivity index (χ3v) is 2.02. The van der Waals surface area contributed by atoms with Gasteiger partial charge in [0, 0.05) is 13.2 Å². The van der Waals surface area contributed by atoms with Crippen LogP contribution in [0.2, 0.25) is 0 Å². The van der Waals surface area contributed by atoms with Gasteiger partial charge >= 0.3 is 0 Å². The molecule has 0 rings (SSSR count). The minimum Gasteiger partial charge on any atom is -0.396 e. The zero-order valence-corrected chi connectivity index (χ0v) is 7.58. The van der Waals surface area contributed by atoms with E-state index in [1.807, 2.05) is 13.8 Å². The van der Waals surface area contributed by atoms with E-state index < -0.39 is 0 Å². The molecule has 0 aliphatic heterocycles. The summed E-state index contributed by atoms with van der Waals surface area (Å²) in [4.78, 5) is 0. The molecular weight excluding hydrogens is 140 g/mol. The first-order chi connectivity index (χ1) is 5.20. The molecule has 0 saturated carbocycles. The second kappa shape index (κ2) is 6.62. The van der Waals surface area contributed by atoms with Crippen LogP contribution in [-0.4, -0.2) is 23.4 Å². The molecule has 0 spiro atoms. The minimum absolute atomic E-state index is 0.285. The molecular formula is C9H20O2. The summed E-state index contributed by atoms with van der Waals surface area (Å²) in [5, 5.41) is 17.4. The standard InChI is InChI=1S/C9H20O2/c1-8(6-10)4-3-5-9(2)7-11/h8-11H,3-7H2,1-2H3/t8-,9+. The summed E-state index contributed by atoms with van der Waals surface area (Å²) in [5.74, 6) is 0.835. The first kappa shape index (κ1) is 10.9. The summed E-state index contributed by atoms with van der Waals surface area (Å²) in [5.41, 5.74) is 0. The Balaban J connectivity index is 3.13. The summed E-state index contributed by atoms with van der Waals surface area (Å²) in [7, 11) is 0. The molecule has 2 N–H and O–H groups in total. The molecule has 0 aromatic heterocycles. The summed E-state index contributed by atoms with van der Waals surface area (Å²) in [6, 6.07) is 0. The maximum Gasteiger partial charge on any atom is 0.0456 e. The normalized spacial score (nSPS) is 16.4. The lowest BCUT2D eigenvalue weighted by Crippen LogP contribution is -2.04. The van der Waals surface area contributed by atoms with Crippen LogP contribution in [0.3, 0.4) is 0 Å². The summed E-state index contributed by atoms with van der Waals surface area (Å²) >= 11 is 0. The van der Waals surface area contributed by atoms with Crippen molar-refractivity contribution in [1.29, 1.82) is 0 Å². The maximum absolute atomic E-state index is 8.71. The van der Waals surface area contributed by atoms with Gasteiger partial charge in [-0.2, -0.15) is 0 Å². The van der Waals surface area contributed by atoms with Crippen LogP contribution in [0.25, 0.3) is 0 Å². The van der Waals surface area contributed by atoms with Crippen LogP contribution < -0.4 is 0 Å². The van der Waals surface area contributed by atoms with Gasteiger partial charge in [0.25, 0.3) is 0 Å². The average Bonchev–Trinajstić information content (AvgIpc) is 2.04. The second-order valence-corrected chi connectivity index (χ2v) is 3.51. The van der Waals surface area contributed by atoms with Crippen molar-refractivity contribution in [2.75, 3.05) is 13.2 Å². The fourth-order valence-corrected chi connectivity index (χ4v) is 0.997. The van der Waals surface area contributed by atoms with Gasteiger partial charge in [-0.25, -0.2) is 0 Å². The molecule has 0 aliphatic rings. The number of aliphatic hydroxyl groups excluding tert-OH is 2. The first-order valence-corrected chi connectivity index (χ1v) is 4.42. The Morgan fingerprint density at radius 1 is 0.909 bits per heavy atom. The molecule has 0 aromatic carbocycles. The van der Waals surface area contributed by atoms with E-state index in [4.69, 9.17) is 10.2 Å². The molecule has 0 bridgehead atoms. The molecule has 0 saturated heterocycles. The van der Waals surface area contributed by atoms with Crippen molar-refractivity contribution in [2.45, 2.75) is 33.1 Å². The van der Waals surface area contributed by atoms with E-state index in [1.54, 1.807) is 0 Å². The smallest absolute Gasteiger partial charge is 0.0456 e. The maximum atomic E-state index is 8.71. The third kappa shape index (κ3) is 6.32. The van der Waals surface area contributed by atoms with E-state index in [9.17, 15) is 0 Å². The third-order valence-electron chi connectivity index (χ3n) is 2.02. The molecule has 0 heterocycles. The van der Waals surface area contributed by atoms with Crippen molar-refractivity contribution in [3.05, 3.63) is 0 Å². The average molecular weight is 160 g/mol. The van der Waals surface area contributed by atoms with Crippen LogP contribution in [-0.2, 0) is 0 Å². The molecule has 2 heteroatoms. The highest BCUT2D eigenvalue weighted by Crippen LogP contribution is 2.11. The van der Waals surface area contributed by atoms with Gasteiger partial charge in [0.2, 0.25) is 0 Å². The molecule has 0 radical (unpaired) electrons. The van der Waals surface area contributed by atoms with Gasteiger partial charge in [0.1, 0.15) is 0 Å². The predicted octanol–water partition coefficient (Wildman–Crippen LogP) is 1.41. The fourth-order valence-electron chi connectivity index (χ4n) is 0.997. The van der Waals surface area contributed by atoms with Crippen LogP contribution in [0.4, 0.5) is 0 Å². The zero-order chi connectivity index (χ0) is 8.69. The van der Waals surface area contributed by atoms with Gasteiger partial charge in [0.05, 0.1) is 0 Å². The Bertz CT molecular complexity index is 73.6. The SMILES string of the molecule is C[C@H](CO)CCC[C@@H](C)CO. The number of hydrogen-bond donors (Lipinski definition) is 2. The van der Waals surface area contributed by atoms with Gasteiger partial charge in [-0.05, 0) is 24.7 Å². The molecule has 2 atom stereocenters. The van der Waals surface area contributed by atoms with E-state index in [0.29, 0.717) is 11.8 Å². The van der Waals surface area contributed by atoms with E-state index >= 15 is 0 Å². The summed E-state index contributed by atoms with van der Waals surface area (Å²) in [6.07, 6.45) is 3.26. The Morgan fingerprint density at radius 2 is 1.27 bits per heavy atom. The van der Waals surface area contributed by atoms with Crippen molar-refractivity contribution in [3.63, 3.8) is 0 Å². The fraction of sp³-hybridized carbons (Fsp3) is 1.00. The lowest BCUT2D eigenvalue weighted by Gasteiger charge is -2.09. The summed E-state index contributed by atoms with van der Waals surface area (Å²) < 4.78 is 0. The van der Waals surface area contributed by atoms with E-state index in [-0.39, 0.29) is 13.2 Å². The van der Waals surface area contributed by atoms with Crippen molar-refractivity contribution in [1.82, 2.24) is 0 Å². The van der Waals surface area contributed by atoms with Crippen molar-refractivity contribution in [2.24, 2.45) is 11.8 Å². The number of aliphatic hydroxyl groups is 2. The topological polar surface area (TPSA) is 40.5 Å². The Labute approximate surface area is 69.2 Å². The van der Waals surface area contributed by atoms with Crippen LogP contribution in [0.15, 0.2) is 0 Å². The highest BCUT2D eigenvalue weighted by atomic mass is 16.3. The van der Waals surface area contributed by atoms with E-state index in [0.717, 1.165) is 19.3 Å². The Morgan fingerprint density at radius 3 is 1.55 bits per heavy atom. The molecule has 0 aromatic rings. The molecule has 2 nitrogen and oxygen atoms in total. The Kier molecular flexibility index (Phi) is 6.57. The van der Waals surface area contributed by atoms with Gasteiger partial charge in [0.15, 0.2) is 0 Å². The van der Waals surface area contributed by atoms with Crippen LogP contribution in [0, 0.1) is 11.8 Å². The lowest BCUT2D eigenvalue weighted by atomic mass is 10.00. The van der Waals surface area contributed by atoms with Gasteiger partial charge in [-0.15, -0.1) is 0 Å². The molecule has 11 heavy (non-hydrogen) atoms. The lowest BCUT2D eigenvalue weighted by molar-refractivity contribution is 0.209. The highest BCUT2D eigenvalue weighted by molar-refractivity contribution is 4.54.